The molecule has 3 heteroatoms. The van der Waals surface area contributed by atoms with Crippen LogP contribution in [0, 0.1) is 0 Å². The van der Waals surface area contributed by atoms with Crippen LogP contribution in [0.5, 0.6) is 0 Å². The van der Waals surface area contributed by atoms with Crippen LogP contribution in [0.3, 0.4) is 0 Å². The Kier molecular flexibility index (Phi) is 2.69. The maximum atomic E-state index is 11.3. The number of nitrogens with one attached hydrogen (secondary N) is 1. The fraction of sp³-hybridized carbons (Fsp3) is 0.167. The second-order valence-electron chi connectivity index (χ2n) is 5.58. The molecule has 2 N–H and O–H groups in total. The molecule has 0 aliphatic heterocycles. The highest BCUT2D eigenvalue weighted by molar-refractivity contribution is 5.49. The van der Waals surface area contributed by atoms with Crippen LogP contribution in [-0.4, -0.2) is 15.1 Å². The van der Waals surface area contributed by atoms with Gasteiger partial charge in [-0.05, 0) is 23.1 Å². The number of aromatic nitrogens is 2. The van der Waals surface area contributed by atoms with Crippen molar-refractivity contribution in [1.29, 1.82) is 0 Å². The third-order valence-electron chi connectivity index (χ3n) is 4.43. The molecule has 2 aromatic carbocycles. The zero-order valence-electron chi connectivity index (χ0n) is 11.5. The van der Waals surface area contributed by atoms with Gasteiger partial charge in [0.05, 0.1) is 18.2 Å². The number of H-pyrrole nitrogens is 1. The summed E-state index contributed by atoms with van der Waals surface area (Å²) in [6.45, 7) is 0. The van der Waals surface area contributed by atoms with E-state index in [0.717, 1.165) is 11.3 Å². The monoisotopic (exact) mass is 276 g/mol. The van der Waals surface area contributed by atoms with Crippen molar-refractivity contribution in [3.63, 3.8) is 0 Å². The van der Waals surface area contributed by atoms with E-state index in [-0.39, 0.29) is 5.92 Å². The van der Waals surface area contributed by atoms with Gasteiger partial charge in [-0.2, -0.15) is 0 Å². The third kappa shape index (κ3) is 1.82. The Balaban J connectivity index is 1.88. The maximum absolute atomic E-state index is 11.3. The fourth-order valence-corrected chi connectivity index (χ4v) is 3.41. The first kappa shape index (κ1) is 12.4. The summed E-state index contributed by atoms with van der Waals surface area (Å²) in [6, 6.07) is 18.5. The first-order chi connectivity index (χ1) is 10.3. The lowest BCUT2D eigenvalue weighted by Gasteiger charge is -2.22. The number of nitrogens with zero attached hydrogens (tertiary/aromatic N) is 1. The molecule has 1 heterocycles. The Morgan fingerprint density at radius 2 is 1.81 bits per heavy atom. The van der Waals surface area contributed by atoms with Gasteiger partial charge in [0.15, 0.2) is 0 Å². The van der Waals surface area contributed by atoms with Crippen LogP contribution in [0.2, 0.25) is 0 Å². The van der Waals surface area contributed by atoms with Gasteiger partial charge >= 0.3 is 0 Å². The highest BCUT2D eigenvalue weighted by Crippen LogP contribution is 2.50. The molecule has 21 heavy (non-hydrogen) atoms. The minimum atomic E-state index is -0.992. The molecule has 0 radical (unpaired) electrons. The first-order valence-corrected chi connectivity index (χ1v) is 7.14. The summed E-state index contributed by atoms with van der Waals surface area (Å²) in [5.41, 5.74) is 3.17. The number of aromatic amines is 1. The number of benzene rings is 2. The van der Waals surface area contributed by atoms with E-state index in [0.29, 0.717) is 6.42 Å². The molecule has 0 spiro atoms. The van der Waals surface area contributed by atoms with Crippen LogP contribution < -0.4 is 0 Å². The second kappa shape index (κ2) is 4.57. The molecular weight excluding hydrogens is 260 g/mol. The number of rotatable bonds is 2. The molecule has 0 saturated carbocycles. The third-order valence-corrected chi connectivity index (χ3v) is 4.43. The largest absolute Gasteiger partial charge is 0.379 e. The predicted molar refractivity (Wildman–Crippen MR) is 80.9 cm³/mol. The van der Waals surface area contributed by atoms with Gasteiger partial charge in [0.25, 0.3) is 0 Å². The number of aliphatic hydroxyl groups is 1. The van der Waals surface area contributed by atoms with Crippen molar-refractivity contribution in [2.75, 3.05) is 0 Å². The number of hydrogen-bond acceptors (Lipinski definition) is 2. The Bertz CT molecular complexity index is 752. The Hall–Kier alpha value is -2.39. The summed E-state index contributed by atoms with van der Waals surface area (Å²) in [4.78, 5) is 7.14. The van der Waals surface area contributed by atoms with Crippen LogP contribution in [-0.2, 0) is 5.60 Å². The van der Waals surface area contributed by atoms with Crippen LogP contribution in [0.25, 0.3) is 0 Å². The van der Waals surface area contributed by atoms with Gasteiger partial charge in [-0.25, -0.2) is 4.98 Å². The lowest BCUT2D eigenvalue weighted by molar-refractivity contribution is 0.0755. The van der Waals surface area contributed by atoms with Crippen molar-refractivity contribution >= 4 is 0 Å². The minimum Gasteiger partial charge on any atom is -0.379 e. The first-order valence-electron chi connectivity index (χ1n) is 7.14. The second-order valence-corrected chi connectivity index (χ2v) is 5.58. The zero-order chi connectivity index (χ0) is 14.3. The summed E-state index contributed by atoms with van der Waals surface area (Å²) >= 11 is 0. The molecule has 0 saturated heterocycles. The summed E-state index contributed by atoms with van der Waals surface area (Å²) < 4.78 is 0. The summed E-state index contributed by atoms with van der Waals surface area (Å²) in [7, 11) is 0. The van der Waals surface area contributed by atoms with E-state index in [9.17, 15) is 5.11 Å². The molecular formula is C18H16N2O. The van der Waals surface area contributed by atoms with Gasteiger partial charge in [-0.1, -0.05) is 54.6 Å². The lowest BCUT2D eigenvalue weighted by atomic mass is 9.90. The van der Waals surface area contributed by atoms with Crippen molar-refractivity contribution in [3.8, 4) is 0 Å². The summed E-state index contributed by atoms with van der Waals surface area (Å²) in [5, 5.41) is 11.3. The highest BCUT2D eigenvalue weighted by Gasteiger charge is 2.44. The van der Waals surface area contributed by atoms with Crippen LogP contribution in [0.1, 0.15) is 34.7 Å². The van der Waals surface area contributed by atoms with Gasteiger partial charge in [0.2, 0.25) is 0 Å². The average Bonchev–Trinajstić information content (AvgIpc) is 3.17. The van der Waals surface area contributed by atoms with Gasteiger partial charge in [0, 0.05) is 5.92 Å². The average molecular weight is 276 g/mol. The number of fused-ring (bicyclic) bond motifs is 1. The molecule has 0 fully saturated rings. The van der Waals surface area contributed by atoms with Crippen molar-refractivity contribution < 1.29 is 5.11 Å². The van der Waals surface area contributed by atoms with Crippen molar-refractivity contribution in [1.82, 2.24) is 9.97 Å². The number of hydrogen-bond donors (Lipinski definition) is 2. The minimum absolute atomic E-state index is 0.204. The van der Waals surface area contributed by atoms with Gasteiger partial charge in [-0.15, -0.1) is 0 Å². The van der Waals surface area contributed by atoms with Crippen LogP contribution in [0.15, 0.2) is 67.1 Å². The predicted octanol–water partition coefficient (Wildman–Crippen LogP) is 3.18. The lowest BCUT2D eigenvalue weighted by Crippen LogP contribution is -2.24. The van der Waals surface area contributed by atoms with Crippen molar-refractivity contribution in [2.24, 2.45) is 0 Å². The SMILES string of the molecule is OC1(c2cnc[nH]2)CC(c2ccccc2)c2ccccc21. The van der Waals surface area contributed by atoms with Crippen molar-refractivity contribution in [3.05, 3.63) is 89.5 Å². The molecule has 0 bridgehead atoms. The Morgan fingerprint density at radius 3 is 2.57 bits per heavy atom. The van der Waals surface area contributed by atoms with Crippen LogP contribution in [0.4, 0.5) is 0 Å². The van der Waals surface area contributed by atoms with E-state index < -0.39 is 5.60 Å². The molecule has 2 unspecified atom stereocenters. The molecule has 1 aliphatic rings. The standard InChI is InChI=1S/C18H16N2O/c21-18(17-11-19-12-20-17)10-15(13-6-2-1-3-7-13)14-8-4-5-9-16(14)18/h1-9,11-12,15,21H,10H2,(H,19,20). The van der Waals surface area contributed by atoms with E-state index in [2.05, 4.69) is 28.2 Å². The maximum Gasteiger partial charge on any atom is 0.132 e. The molecule has 2 atom stereocenters. The Labute approximate surface area is 123 Å². The van der Waals surface area contributed by atoms with Gasteiger partial charge < -0.3 is 10.1 Å². The highest BCUT2D eigenvalue weighted by atomic mass is 16.3. The molecule has 4 rings (SSSR count). The zero-order valence-corrected chi connectivity index (χ0v) is 11.5. The van der Waals surface area contributed by atoms with E-state index in [1.165, 1.54) is 11.1 Å². The van der Waals surface area contributed by atoms with E-state index in [1.54, 1.807) is 12.5 Å². The smallest absolute Gasteiger partial charge is 0.132 e. The molecule has 104 valence electrons. The molecule has 1 aliphatic carbocycles. The van der Waals surface area contributed by atoms with Crippen LogP contribution >= 0.6 is 0 Å². The van der Waals surface area contributed by atoms with Crippen molar-refractivity contribution in [2.45, 2.75) is 17.9 Å². The normalized spacial score (nSPS) is 24.0. The van der Waals surface area contributed by atoms with E-state index in [4.69, 9.17) is 0 Å². The Morgan fingerprint density at radius 1 is 1.05 bits per heavy atom. The van der Waals surface area contributed by atoms with Gasteiger partial charge in [0.1, 0.15) is 5.60 Å². The topological polar surface area (TPSA) is 48.9 Å². The molecule has 1 aromatic heterocycles. The number of imidazole rings is 1. The summed E-state index contributed by atoms with van der Waals surface area (Å²) in [5.74, 6) is 0.204. The van der Waals surface area contributed by atoms with Gasteiger partial charge in [-0.3, -0.25) is 0 Å². The fourth-order valence-electron chi connectivity index (χ4n) is 3.41. The molecule has 3 aromatic rings. The summed E-state index contributed by atoms with van der Waals surface area (Å²) in [6.07, 6.45) is 3.97. The quantitative estimate of drug-likeness (QED) is 0.755. The molecule has 0 amide bonds. The molecule has 3 nitrogen and oxygen atoms in total. The van der Waals surface area contributed by atoms with E-state index in [1.807, 2.05) is 36.4 Å². The van der Waals surface area contributed by atoms with E-state index >= 15 is 0 Å².